The van der Waals surface area contributed by atoms with Crippen molar-refractivity contribution in [3.63, 3.8) is 0 Å². The fraction of sp³-hybridized carbons (Fsp3) is 0.846. The van der Waals surface area contributed by atoms with Gasteiger partial charge >= 0.3 is 0 Å². The van der Waals surface area contributed by atoms with Crippen LogP contribution in [0.5, 0.6) is 0 Å². The van der Waals surface area contributed by atoms with E-state index >= 15 is 0 Å². The molecule has 3 rings (SSSR count). The predicted octanol–water partition coefficient (Wildman–Crippen LogP) is 1.99. The average molecular weight is 282 g/mol. The van der Waals surface area contributed by atoms with Crippen molar-refractivity contribution >= 4 is 11.8 Å². The first kappa shape index (κ1) is 13.4. The summed E-state index contributed by atoms with van der Waals surface area (Å²) in [6.45, 7) is 2.16. The molecule has 0 aromatic carbocycles. The van der Waals surface area contributed by atoms with Gasteiger partial charge in [-0.2, -0.15) is 16.7 Å². The number of nitrogens with one attached hydrogen (secondary N) is 1. The van der Waals surface area contributed by atoms with Gasteiger partial charge in [0.05, 0.1) is 12.1 Å². The van der Waals surface area contributed by atoms with Gasteiger partial charge in [-0.3, -0.25) is 4.90 Å². The van der Waals surface area contributed by atoms with Gasteiger partial charge < -0.3 is 9.84 Å². The number of nitrogens with zero attached hydrogens (tertiary/aromatic N) is 3. The first-order valence-corrected chi connectivity index (χ1v) is 8.35. The molecule has 2 aliphatic rings. The minimum absolute atomic E-state index is 0.255. The molecule has 106 valence electrons. The minimum atomic E-state index is 0.255. The van der Waals surface area contributed by atoms with Crippen LogP contribution in [0, 0.1) is 0 Å². The van der Waals surface area contributed by atoms with Crippen molar-refractivity contribution in [3.05, 3.63) is 11.7 Å². The zero-order valence-electron chi connectivity index (χ0n) is 11.5. The standard InChI is InChI=1S/C13H22N4OS/c1-17-7-8-19-9-11(17)12-15-13(18-16-12)10-5-3-2-4-6-14-10/h10-11,14H,2-9H2,1H3. The summed E-state index contributed by atoms with van der Waals surface area (Å²) < 4.78 is 5.50. The van der Waals surface area contributed by atoms with Crippen molar-refractivity contribution in [1.29, 1.82) is 0 Å². The SMILES string of the molecule is CN1CCSCC1c1noc(C2CCCCCN2)n1. The Bertz CT molecular complexity index is 403. The highest BCUT2D eigenvalue weighted by molar-refractivity contribution is 7.99. The summed E-state index contributed by atoms with van der Waals surface area (Å²) >= 11 is 1.97. The molecule has 0 aliphatic carbocycles. The number of hydrogen-bond acceptors (Lipinski definition) is 6. The molecule has 0 radical (unpaired) electrons. The maximum Gasteiger partial charge on any atom is 0.243 e. The minimum Gasteiger partial charge on any atom is -0.338 e. The number of hydrogen-bond donors (Lipinski definition) is 1. The molecule has 2 fully saturated rings. The molecule has 0 amide bonds. The van der Waals surface area contributed by atoms with E-state index in [2.05, 4.69) is 27.4 Å². The summed E-state index contributed by atoms with van der Waals surface area (Å²) in [7, 11) is 2.14. The summed E-state index contributed by atoms with van der Waals surface area (Å²) in [6, 6.07) is 0.562. The second-order valence-corrected chi connectivity index (χ2v) is 6.57. The fourth-order valence-electron chi connectivity index (χ4n) is 2.72. The van der Waals surface area contributed by atoms with Crippen molar-refractivity contribution in [2.75, 3.05) is 31.6 Å². The van der Waals surface area contributed by atoms with E-state index in [9.17, 15) is 0 Å². The van der Waals surface area contributed by atoms with E-state index in [0.717, 1.165) is 37.0 Å². The summed E-state index contributed by atoms with van der Waals surface area (Å²) in [4.78, 5) is 6.98. The van der Waals surface area contributed by atoms with Gasteiger partial charge in [-0.15, -0.1) is 0 Å². The molecule has 1 aromatic rings. The Morgan fingerprint density at radius 2 is 2.32 bits per heavy atom. The molecule has 1 aromatic heterocycles. The van der Waals surface area contributed by atoms with Crippen LogP contribution in [-0.4, -0.2) is 46.7 Å². The van der Waals surface area contributed by atoms with E-state index in [-0.39, 0.29) is 6.04 Å². The fourth-order valence-corrected chi connectivity index (χ4v) is 3.93. The molecular formula is C13H22N4OS. The predicted molar refractivity (Wildman–Crippen MR) is 76.2 cm³/mol. The quantitative estimate of drug-likeness (QED) is 0.895. The van der Waals surface area contributed by atoms with E-state index in [1.54, 1.807) is 0 Å². The van der Waals surface area contributed by atoms with E-state index in [0.29, 0.717) is 6.04 Å². The first-order chi connectivity index (χ1) is 9.34. The van der Waals surface area contributed by atoms with Gasteiger partial charge in [-0.1, -0.05) is 18.0 Å². The topological polar surface area (TPSA) is 54.2 Å². The van der Waals surface area contributed by atoms with E-state index < -0.39 is 0 Å². The van der Waals surface area contributed by atoms with Crippen molar-refractivity contribution in [1.82, 2.24) is 20.4 Å². The number of thioether (sulfide) groups is 1. The molecule has 0 bridgehead atoms. The summed E-state index contributed by atoms with van der Waals surface area (Å²) in [6.07, 6.45) is 4.90. The zero-order chi connectivity index (χ0) is 13.1. The van der Waals surface area contributed by atoms with Crippen LogP contribution in [0.1, 0.15) is 49.5 Å². The normalized spacial score (nSPS) is 30.2. The summed E-state index contributed by atoms with van der Waals surface area (Å²) in [5.74, 6) is 3.90. The van der Waals surface area contributed by atoms with Crippen LogP contribution in [0.4, 0.5) is 0 Å². The van der Waals surface area contributed by atoms with E-state index in [1.165, 1.54) is 25.0 Å². The second kappa shape index (κ2) is 6.24. The molecule has 2 atom stereocenters. The van der Waals surface area contributed by atoms with Crippen LogP contribution in [-0.2, 0) is 0 Å². The monoisotopic (exact) mass is 282 g/mol. The Balaban J connectivity index is 1.71. The molecule has 5 nitrogen and oxygen atoms in total. The second-order valence-electron chi connectivity index (χ2n) is 5.42. The third kappa shape index (κ3) is 3.12. The molecule has 2 saturated heterocycles. The van der Waals surface area contributed by atoms with Crippen molar-refractivity contribution in [2.24, 2.45) is 0 Å². The number of aromatic nitrogens is 2. The molecule has 3 heterocycles. The molecular weight excluding hydrogens is 260 g/mol. The molecule has 0 saturated carbocycles. The maximum atomic E-state index is 5.50. The van der Waals surface area contributed by atoms with Gasteiger partial charge in [-0.05, 0) is 26.4 Å². The zero-order valence-corrected chi connectivity index (χ0v) is 12.3. The average Bonchev–Trinajstić information content (AvgIpc) is 2.75. The smallest absolute Gasteiger partial charge is 0.243 e. The van der Waals surface area contributed by atoms with Crippen LogP contribution < -0.4 is 5.32 Å². The highest BCUT2D eigenvalue weighted by atomic mass is 32.2. The Morgan fingerprint density at radius 1 is 1.37 bits per heavy atom. The lowest BCUT2D eigenvalue weighted by molar-refractivity contribution is 0.255. The number of rotatable bonds is 2. The van der Waals surface area contributed by atoms with Crippen molar-refractivity contribution in [3.8, 4) is 0 Å². The van der Waals surface area contributed by atoms with E-state index in [1.807, 2.05) is 11.8 Å². The molecule has 2 unspecified atom stereocenters. The summed E-state index contributed by atoms with van der Waals surface area (Å²) in [5, 5.41) is 7.73. The molecule has 2 aliphatic heterocycles. The van der Waals surface area contributed by atoms with Gasteiger partial charge in [0.15, 0.2) is 5.82 Å². The van der Waals surface area contributed by atoms with Crippen LogP contribution in [0.2, 0.25) is 0 Å². The Labute approximate surface area is 118 Å². The van der Waals surface area contributed by atoms with Gasteiger partial charge in [-0.25, -0.2) is 0 Å². The lowest BCUT2D eigenvalue weighted by Crippen LogP contribution is -2.33. The maximum absolute atomic E-state index is 5.50. The van der Waals surface area contributed by atoms with Crippen molar-refractivity contribution < 1.29 is 4.52 Å². The largest absolute Gasteiger partial charge is 0.338 e. The third-order valence-corrected chi connectivity index (χ3v) is 5.03. The Hall–Kier alpha value is -0.590. The Morgan fingerprint density at radius 3 is 3.21 bits per heavy atom. The van der Waals surface area contributed by atoms with Gasteiger partial charge in [0.2, 0.25) is 5.89 Å². The van der Waals surface area contributed by atoms with Gasteiger partial charge in [0.25, 0.3) is 0 Å². The lowest BCUT2D eigenvalue weighted by atomic mass is 10.1. The molecule has 1 N–H and O–H groups in total. The van der Waals surface area contributed by atoms with Crippen LogP contribution in [0.3, 0.4) is 0 Å². The lowest BCUT2D eigenvalue weighted by Gasteiger charge is -2.29. The van der Waals surface area contributed by atoms with Crippen LogP contribution in [0.15, 0.2) is 4.52 Å². The Kier molecular flexibility index (Phi) is 4.40. The molecule has 6 heteroatoms. The molecule has 19 heavy (non-hydrogen) atoms. The highest BCUT2D eigenvalue weighted by Crippen LogP contribution is 2.28. The van der Waals surface area contributed by atoms with Gasteiger partial charge in [0, 0.05) is 18.1 Å². The van der Waals surface area contributed by atoms with Crippen molar-refractivity contribution in [2.45, 2.75) is 37.8 Å². The van der Waals surface area contributed by atoms with E-state index in [4.69, 9.17) is 4.52 Å². The third-order valence-electron chi connectivity index (χ3n) is 4.01. The van der Waals surface area contributed by atoms with Crippen LogP contribution in [0.25, 0.3) is 0 Å². The first-order valence-electron chi connectivity index (χ1n) is 7.19. The summed E-state index contributed by atoms with van der Waals surface area (Å²) in [5.41, 5.74) is 0. The molecule has 0 spiro atoms. The highest BCUT2D eigenvalue weighted by Gasteiger charge is 2.27. The van der Waals surface area contributed by atoms with Gasteiger partial charge in [0.1, 0.15) is 0 Å². The van der Waals surface area contributed by atoms with Crippen LogP contribution >= 0.6 is 11.8 Å².